The summed E-state index contributed by atoms with van der Waals surface area (Å²) in [6.07, 6.45) is 1.14. The van der Waals surface area contributed by atoms with Gasteiger partial charge in [-0.25, -0.2) is 0 Å². The van der Waals surface area contributed by atoms with Gasteiger partial charge in [0.15, 0.2) is 6.61 Å². The third-order valence-electron chi connectivity index (χ3n) is 4.35. The summed E-state index contributed by atoms with van der Waals surface area (Å²) in [7, 11) is 0. The Balaban J connectivity index is 1.46. The minimum absolute atomic E-state index is 0.00497. The molecule has 0 radical (unpaired) electrons. The molecule has 1 unspecified atom stereocenters. The van der Waals surface area contributed by atoms with Crippen molar-refractivity contribution in [3.63, 3.8) is 0 Å². The van der Waals surface area contributed by atoms with Crippen LogP contribution in [0.2, 0.25) is 0 Å². The van der Waals surface area contributed by atoms with Crippen LogP contribution in [0, 0.1) is 0 Å². The SMILES string of the molecule is NC(=O)c1ccccc1OCC(=O)N[C@@H]1CCN(C(=O)C2CCO2)C1. The third-order valence-corrected chi connectivity index (χ3v) is 4.35. The minimum Gasteiger partial charge on any atom is -0.483 e. The Morgan fingerprint density at radius 2 is 2.04 bits per heavy atom. The van der Waals surface area contributed by atoms with Gasteiger partial charge in [0.2, 0.25) is 0 Å². The number of nitrogens with zero attached hydrogens (tertiary/aromatic N) is 1. The lowest BCUT2D eigenvalue weighted by molar-refractivity contribution is -0.155. The van der Waals surface area contributed by atoms with Crippen molar-refractivity contribution >= 4 is 17.7 Å². The Morgan fingerprint density at radius 1 is 1.28 bits per heavy atom. The summed E-state index contributed by atoms with van der Waals surface area (Å²) in [4.78, 5) is 37.2. The second-order valence-corrected chi connectivity index (χ2v) is 6.13. The predicted molar refractivity (Wildman–Crippen MR) is 87.9 cm³/mol. The monoisotopic (exact) mass is 347 g/mol. The van der Waals surface area contributed by atoms with Crippen molar-refractivity contribution in [1.82, 2.24) is 10.2 Å². The number of hydrogen-bond acceptors (Lipinski definition) is 5. The van der Waals surface area contributed by atoms with E-state index in [1.54, 1.807) is 29.2 Å². The molecule has 1 aromatic carbocycles. The molecular formula is C17H21N3O5. The Bertz CT molecular complexity index is 674. The molecule has 134 valence electrons. The summed E-state index contributed by atoms with van der Waals surface area (Å²) in [6, 6.07) is 6.39. The molecule has 2 heterocycles. The first-order valence-corrected chi connectivity index (χ1v) is 8.26. The molecule has 8 nitrogen and oxygen atoms in total. The van der Waals surface area contributed by atoms with Crippen LogP contribution in [-0.2, 0) is 14.3 Å². The van der Waals surface area contributed by atoms with E-state index in [0.717, 1.165) is 6.42 Å². The van der Waals surface area contributed by atoms with Crippen molar-refractivity contribution in [2.24, 2.45) is 5.73 Å². The average Bonchev–Trinajstić information content (AvgIpc) is 3.00. The van der Waals surface area contributed by atoms with E-state index in [1.165, 1.54) is 0 Å². The molecule has 0 bridgehead atoms. The van der Waals surface area contributed by atoms with Gasteiger partial charge in [0.1, 0.15) is 11.9 Å². The number of likely N-dealkylation sites (tertiary alicyclic amines) is 1. The number of nitrogens with two attached hydrogens (primary N) is 1. The second-order valence-electron chi connectivity index (χ2n) is 6.13. The van der Waals surface area contributed by atoms with Crippen LogP contribution in [0.5, 0.6) is 5.75 Å². The van der Waals surface area contributed by atoms with E-state index < -0.39 is 5.91 Å². The maximum atomic E-state index is 12.1. The first kappa shape index (κ1) is 17.2. The van der Waals surface area contributed by atoms with Crippen LogP contribution in [0.15, 0.2) is 24.3 Å². The molecule has 2 atom stereocenters. The van der Waals surface area contributed by atoms with Crippen molar-refractivity contribution in [2.75, 3.05) is 26.3 Å². The minimum atomic E-state index is -0.612. The molecule has 2 aliphatic heterocycles. The third kappa shape index (κ3) is 4.08. The number of para-hydroxylation sites is 1. The van der Waals surface area contributed by atoms with Crippen LogP contribution in [0.3, 0.4) is 0 Å². The van der Waals surface area contributed by atoms with Gasteiger partial charge in [-0.2, -0.15) is 0 Å². The zero-order valence-electron chi connectivity index (χ0n) is 13.8. The predicted octanol–water partition coefficient (Wildman–Crippen LogP) is -0.330. The van der Waals surface area contributed by atoms with Crippen LogP contribution in [0.25, 0.3) is 0 Å². The van der Waals surface area contributed by atoms with E-state index in [9.17, 15) is 14.4 Å². The van der Waals surface area contributed by atoms with Gasteiger partial charge in [-0.3, -0.25) is 14.4 Å². The summed E-state index contributed by atoms with van der Waals surface area (Å²) in [6.45, 7) is 1.49. The number of ether oxygens (including phenoxy) is 2. The Hall–Kier alpha value is -2.61. The van der Waals surface area contributed by atoms with E-state index in [4.69, 9.17) is 15.2 Å². The molecule has 3 N–H and O–H groups in total. The smallest absolute Gasteiger partial charge is 0.258 e. The number of carbonyl (C=O) groups excluding carboxylic acids is 3. The molecule has 0 aliphatic carbocycles. The molecular weight excluding hydrogens is 326 g/mol. The molecule has 3 rings (SSSR count). The Kier molecular flexibility index (Phi) is 5.18. The average molecular weight is 347 g/mol. The Morgan fingerprint density at radius 3 is 2.72 bits per heavy atom. The van der Waals surface area contributed by atoms with E-state index in [0.29, 0.717) is 26.1 Å². The number of benzene rings is 1. The highest BCUT2D eigenvalue weighted by Gasteiger charge is 2.35. The van der Waals surface area contributed by atoms with Crippen molar-refractivity contribution in [1.29, 1.82) is 0 Å². The number of nitrogens with one attached hydrogen (secondary N) is 1. The summed E-state index contributed by atoms with van der Waals surface area (Å²) >= 11 is 0. The topological polar surface area (TPSA) is 111 Å². The molecule has 1 aromatic rings. The van der Waals surface area contributed by atoms with E-state index in [1.807, 2.05) is 0 Å². The van der Waals surface area contributed by atoms with Crippen LogP contribution in [0.1, 0.15) is 23.2 Å². The normalized spacial score (nSPS) is 22.2. The molecule has 3 amide bonds. The maximum absolute atomic E-state index is 12.1. The van der Waals surface area contributed by atoms with E-state index in [2.05, 4.69) is 5.32 Å². The van der Waals surface area contributed by atoms with Gasteiger partial charge in [-0.05, 0) is 18.6 Å². The lowest BCUT2D eigenvalue weighted by Crippen LogP contribution is -2.46. The highest BCUT2D eigenvalue weighted by Crippen LogP contribution is 2.19. The van der Waals surface area contributed by atoms with Crippen molar-refractivity contribution < 1.29 is 23.9 Å². The van der Waals surface area contributed by atoms with E-state index in [-0.39, 0.29) is 41.9 Å². The number of rotatable bonds is 6. The zero-order chi connectivity index (χ0) is 17.8. The fourth-order valence-electron chi connectivity index (χ4n) is 2.92. The van der Waals surface area contributed by atoms with Crippen LogP contribution >= 0.6 is 0 Å². The number of carbonyl (C=O) groups is 3. The fraction of sp³-hybridized carbons (Fsp3) is 0.471. The standard InChI is InChI=1S/C17H21N3O5/c18-16(22)12-3-1-2-4-13(12)25-10-15(21)19-11-5-7-20(9-11)17(23)14-6-8-24-14/h1-4,11,14H,5-10H2,(H2,18,22)(H,19,21)/t11-,14?/m1/s1. The summed E-state index contributed by atoms with van der Waals surface area (Å²) < 4.78 is 10.6. The molecule has 25 heavy (non-hydrogen) atoms. The van der Waals surface area contributed by atoms with E-state index >= 15 is 0 Å². The molecule has 0 aromatic heterocycles. The van der Waals surface area contributed by atoms with Gasteiger partial charge in [-0.15, -0.1) is 0 Å². The van der Waals surface area contributed by atoms with Gasteiger partial charge in [0.25, 0.3) is 17.7 Å². The van der Waals surface area contributed by atoms with Crippen LogP contribution < -0.4 is 15.8 Å². The highest BCUT2D eigenvalue weighted by atomic mass is 16.5. The van der Waals surface area contributed by atoms with Crippen molar-refractivity contribution in [3.05, 3.63) is 29.8 Å². The van der Waals surface area contributed by atoms with Gasteiger partial charge in [-0.1, -0.05) is 12.1 Å². The molecule has 2 fully saturated rings. The quantitative estimate of drug-likeness (QED) is 0.732. The second kappa shape index (κ2) is 7.52. The van der Waals surface area contributed by atoms with Crippen LogP contribution in [-0.4, -0.2) is 61.1 Å². The maximum Gasteiger partial charge on any atom is 0.258 e. The lowest BCUT2D eigenvalue weighted by Gasteiger charge is -2.29. The molecule has 2 aliphatic rings. The van der Waals surface area contributed by atoms with Gasteiger partial charge < -0.3 is 25.4 Å². The van der Waals surface area contributed by atoms with Gasteiger partial charge >= 0.3 is 0 Å². The number of hydrogen-bond donors (Lipinski definition) is 2. The number of primary amides is 1. The van der Waals surface area contributed by atoms with Gasteiger partial charge in [0, 0.05) is 25.6 Å². The molecule has 2 saturated heterocycles. The zero-order valence-corrected chi connectivity index (χ0v) is 13.8. The molecule has 0 saturated carbocycles. The highest BCUT2D eigenvalue weighted by molar-refractivity contribution is 5.95. The first-order chi connectivity index (χ1) is 12.0. The summed E-state index contributed by atoms with van der Waals surface area (Å²) in [5.74, 6) is -0.650. The van der Waals surface area contributed by atoms with Gasteiger partial charge in [0.05, 0.1) is 12.2 Å². The van der Waals surface area contributed by atoms with Crippen molar-refractivity contribution in [3.8, 4) is 5.75 Å². The summed E-state index contributed by atoms with van der Waals surface area (Å²) in [5, 5.41) is 2.84. The first-order valence-electron chi connectivity index (χ1n) is 8.26. The lowest BCUT2D eigenvalue weighted by atomic mass is 10.1. The fourth-order valence-corrected chi connectivity index (χ4v) is 2.92. The molecule has 8 heteroatoms. The largest absolute Gasteiger partial charge is 0.483 e. The van der Waals surface area contributed by atoms with Crippen LogP contribution in [0.4, 0.5) is 0 Å². The summed E-state index contributed by atoms with van der Waals surface area (Å²) in [5.41, 5.74) is 5.50. The Labute approximate surface area is 145 Å². The number of amides is 3. The molecule has 0 spiro atoms. The van der Waals surface area contributed by atoms with Crippen molar-refractivity contribution in [2.45, 2.75) is 25.0 Å².